The van der Waals surface area contributed by atoms with Gasteiger partial charge in [-0.2, -0.15) is 0 Å². The van der Waals surface area contributed by atoms with Crippen molar-refractivity contribution in [2.75, 3.05) is 0 Å². The van der Waals surface area contributed by atoms with Crippen LogP contribution in [0.1, 0.15) is 16.7 Å². The van der Waals surface area contributed by atoms with E-state index in [2.05, 4.69) is 54.6 Å². The van der Waals surface area contributed by atoms with Crippen LogP contribution in [0.4, 0.5) is 0 Å². The second kappa shape index (κ2) is 9.23. The van der Waals surface area contributed by atoms with E-state index in [1.54, 1.807) is 0 Å². The highest BCUT2D eigenvalue weighted by Gasteiger charge is 2.10. The quantitative estimate of drug-likeness (QED) is 0.345. The summed E-state index contributed by atoms with van der Waals surface area (Å²) in [5.74, 6) is -0.213. The molecule has 0 bridgehead atoms. The molecule has 4 aromatic rings. The number of hydrogen-bond donors (Lipinski definition) is 0. The van der Waals surface area contributed by atoms with E-state index in [-0.39, 0.29) is 19.0 Å². The fraction of sp³-hybridized carbons (Fsp3) is 0.107. The molecule has 0 amide bonds. The van der Waals surface area contributed by atoms with Crippen molar-refractivity contribution in [3.63, 3.8) is 0 Å². The number of esters is 1. The molecule has 148 valence electrons. The number of aryl methyl sites for hydroxylation is 1. The molecule has 4 rings (SSSR count). The predicted octanol–water partition coefficient (Wildman–Crippen LogP) is 6.61. The lowest BCUT2D eigenvalue weighted by Gasteiger charge is -2.10. The Bertz CT molecular complexity index is 1110. The van der Waals surface area contributed by atoms with E-state index in [0.29, 0.717) is 0 Å². The van der Waals surface area contributed by atoms with Crippen LogP contribution in [0.3, 0.4) is 0 Å². The summed E-state index contributed by atoms with van der Waals surface area (Å²) in [7, 11) is 0. The van der Waals surface area contributed by atoms with Gasteiger partial charge in [0.15, 0.2) is 0 Å². The highest BCUT2D eigenvalue weighted by Crippen LogP contribution is 2.23. The van der Waals surface area contributed by atoms with Crippen molar-refractivity contribution in [3.8, 4) is 22.3 Å². The minimum absolute atomic E-state index is 0.213. The van der Waals surface area contributed by atoms with E-state index in [1.807, 2.05) is 55.5 Å². The number of benzene rings is 4. The van der Waals surface area contributed by atoms with E-state index in [1.165, 1.54) is 5.56 Å². The van der Waals surface area contributed by atoms with E-state index < -0.39 is 0 Å². The highest BCUT2D eigenvalue weighted by molar-refractivity contribution is 5.75. The van der Waals surface area contributed by atoms with Gasteiger partial charge >= 0.3 is 5.97 Å². The molecule has 2 heteroatoms. The third kappa shape index (κ3) is 4.84. The number of carbonyl (C=O) groups excluding carboxylic acids is 1. The van der Waals surface area contributed by atoms with Crippen molar-refractivity contribution < 1.29 is 9.53 Å². The first-order valence-electron chi connectivity index (χ1n) is 10.1. The van der Waals surface area contributed by atoms with Crippen LogP contribution in [-0.2, 0) is 22.6 Å². The van der Waals surface area contributed by atoms with Gasteiger partial charge in [-0.15, -0.1) is 0 Å². The van der Waals surface area contributed by atoms with Crippen LogP contribution < -0.4 is 0 Å². The van der Waals surface area contributed by atoms with Gasteiger partial charge < -0.3 is 4.74 Å². The van der Waals surface area contributed by atoms with Gasteiger partial charge in [0.05, 0.1) is 6.42 Å². The third-order valence-corrected chi connectivity index (χ3v) is 5.25. The molecule has 0 heterocycles. The minimum Gasteiger partial charge on any atom is -0.461 e. The molecule has 2 nitrogen and oxygen atoms in total. The Morgan fingerprint density at radius 3 is 1.83 bits per heavy atom. The number of rotatable bonds is 6. The lowest BCUT2D eigenvalue weighted by Crippen LogP contribution is -2.09. The zero-order valence-electron chi connectivity index (χ0n) is 17.0. The smallest absolute Gasteiger partial charge is 0.310 e. The van der Waals surface area contributed by atoms with Crippen molar-refractivity contribution in [1.82, 2.24) is 0 Å². The molecule has 0 aromatic heterocycles. The Balaban J connectivity index is 1.38. The van der Waals surface area contributed by atoms with Crippen LogP contribution >= 0.6 is 0 Å². The second-order valence-electron chi connectivity index (χ2n) is 7.41. The van der Waals surface area contributed by atoms with Gasteiger partial charge in [-0.25, -0.2) is 0 Å². The average Bonchev–Trinajstić information content (AvgIpc) is 2.81. The normalized spacial score (nSPS) is 10.6. The summed E-state index contributed by atoms with van der Waals surface area (Å²) in [6.07, 6.45) is 0.272. The molecule has 0 N–H and O–H groups in total. The van der Waals surface area contributed by atoms with Crippen LogP contribution in [0.2, 0.25) is 0 Å². The largest absolute Gasteiger partial charge is 0.461 e. The van der Waals surface area contributed by atoms with Crippen molar-refractivity contribution in [2.24, 2.45) is 0 Å². The summed E-state index contributed by atoms with van der Waals surface area (Å²) < 4.78 is 5.54. The molecule has 0 saturated heterocycles. The summed E-state index contributed by atoms with van der Waals surface area (Å²) in [5.41, 5.74) is 7.66. The zero-order valence-corrected chi connectivity index (χ0v) is 17.0. The van der Waals surface area contributed by atoms with E-state index in [0.717, 1.165) is 33.4 Å². The summed E-state index contributed by atoms with van der Waals surface area (Å²) in [6.45, 7) is 2.31. The molecule has 30 heavy (non-hydrogen) atoms. The fourth-order valence-corrected chi connectivity index (χ4v) is 3.47. The molecule has 0 aliphatic heterocycles. The SMILES string of the molecule is Cc1ccc(-c2ccccc2)cc1CC(=O)OCc1ccc(-c2ccccc2)cc1. The fourth-order valence-electron chi connectivity index (χ4n) is 3.47. The molecule has 4 aromatic carbocycles. The van der Waals surface area contributed by atoms with Gasteiger partial charge in [-0.05, 0) is 45.9 Å². The molecule has 0 unspecified atom stereocenters. The van der Waals surface area contributed by atoms with Crippen molar-refractivity contribution in [1.29, 1.82) is 0 Å². The average molecular weight is 392 g/mol. The number of carbonyl (C=O) groups is 1. The summed E-state index contributed by atoms with van der Waals surface area (Å²) in [4.78, 5) is 12.5. The van der Waals surface area contributed by atoms with E-state index >= 15 is 0 Å². The van der Waals surface area contributed by atoms with E-state index in [9.17, 15) is 4.79 Å². The van der Waals surface area contributed by atoms with Gasteiger partial charge in [0.1, 0.15) is 6.61 Å². The lowest BCUT2D eigenvalue weighted by atomic mass is 9.98. The lowest BCUT2D eigenvalue weighted by molar-refractivity contribution is -0.144. The Hall–Kier alpha value is -3.65. The summed E-state index contributed by atoms with van der Waals surface area (Å²) in [6, 6.07) is 34.8. The Kier molecular flexibility index (Phi) is 6.05. The Morgan fingerprint density at radius 1 is 0.667 bits per heavy atom. The molecular weight excluding hydrogens is 368 g/mol. The monoisotopic (exact) mass is 392 g/mol. The Morgan fingerprint density at radius 2 is 1.20 bits per heavy atom. The minimum atomic E-state index is -0.213. The van der Waals surface area contributed by atoms with Crippen molar-refractivity contribution in [3.05, 3.63) is 120 Å². The molecule has 0 radical (unpaired) electrons. The molecule has 0 atom stereocenters. The molecule has 0 spiro atoms. The second-order valence-corrected chi connectivity index (χ2v) is 7.41. The molecule has 0 fully saturated rings. The van der Waals surface area contributed by atoms with Crippen LogP contribution in [0, 0.1) is 6.92 Å². The van der Waals surface area contributed by atoms with Gasteiger partial charge in [-0.1, -0.05) is 103 Å². The van der Waals surface area contributed by atoms with Gasteiger partial charge in [0.25, 0.3) is 0 Å². The van der Waals surface area contributed by atoms with Crippen LogP contribution in [0.15, 0.2) is 103 Å². The van der Waals surface area contributed by atoms with Crippen LogP contribution in [0.5, 0.6) is 0 Å². The maximum absolute atomic E-state index is 12.5. The summed E-state index contributed by atoms with van der Waals surface area (Å²) >= 11 is 0. The maximum Gasteiger partial charge on any atom is 0.310 e. The molecular formula is C28H24O2. The van der Waals surface area contributed by atoms with E-state index in [4.69, 9.17) is 4.74 Å². The van der Waals surface area contributed by atoms with Gasteiger partial charge in [-0.3, -0.25) is 4.79 Å². The van der Waals surface area contributed by atoms with Gasteiger partial charge in [0.2, 0.25) is 0 Å². The maximum atomic E-state index is 12.5. The highest BCUT2D eigenvalue weighted by atomic mass is 16.5. The van der Waals surface area contributed by atoms with Crippen molar-refractivity contribution in [2.45, 2.75) is 20.0 Å². The number of hydrogen-bond acceptors (Lipinski definition) is 2. The van der Waals surface area contributed by atoms with Crippen molar-refractivity contribution >= 4 is 5.97 Å². The third-order valence-electron chi connectivity index (χ3n) is 5.25. The molecule has 0 saturated carbocycles. The summed E-state index contributed by atoms with van der Waals surface area (Å²) in [5, 5.41) is 0. The topological polar surface area (TPSA) is 26.3 Å². The first-order valence-corrected chi connectivity index (χ1v) is 10.1. The Labute approximate surface area is 177 Å². The number of ether oxygens (including phenoxy) is 1. The standard InChI is InChI=1S/C28H24O2/c1-21-12-15-26(24-10-6-3-7-11-24)18-27(21)19-28(29)30-20-22-13-16-25(17-14-22)23-8-4-2-5-9-23/h2-18H,19-20H2,1H3. The predicted molar refractivity (Wildman–Crippen MR) is 122 cm³/mol. The molecule has 0 aliphatic carbocycles. The van der Waals surface area contributed by atoms with Crippen LogP contribution in [-0.4, -0.2) is 5.97 Å². The first-order chi connectivity index (χ1) is 14.7. The zero-order chi connectivity index (χ0) is 20.8. The first kappa shape index (κ1) is 19.7. The van der Waals surface area contributed by atoms with Crippen LogP contribution in [0.25, 0.3) is 22.3 Å². The molecule has 0 aliphatic rings. The van der Waals surface area contributed by atoms with Gasteiger partial charge in [0, 0.05) is 0 Å².